The van der Waals surface area contributed by atoms with Crippen LogP contribution >= 0.6 is 0 Å². The van der Waals surface area contributed by atoms with Crippen molar-refractivity contribution in [3.05, 3.63) is 29.3 Å². The molecule has 1 aliphatic heterocycles. The zero-order valence-electron chi connectivity index (χ0n) is 13.8. The predicted octanol–water partition coefficient (Wildman–Crippen LogP) is 2.19. The maximum atomic E-state index is 12.1. The maximum absolute atomic E-state index is 12.1. The molecule has 0 aliphatic carbocycles. The van der Waals surface area contributed by atoms with Crippen molar-refractivity contribution in [2.45, 2.75) is 33.2 Å². The third-order valence-electron chi connectivity index (χ3n) is 4.08. The van der Waals surface area contributed by atoms with Gasteiger partial charge in [0.15, 0.2) is 0 Å². The van der Waals surface area contributed by atoms with E-state index >= 15 is 0 Å². The van der Waals surface area contributed by atoms with Crippen molar-refractivity contribution in [1.29, 1.82) is 0 Å². The number of carboxylic acids is 1. The standard InChI is InChI=1S/C17H24N2O4/c1-11-5-4-6-12(2)15(11)23-10-13(3)18-17(22)19-8-7-14(9-19)16(20)21/h4-6,13-14H,7-10H2,1-3H3,(H,18,22)(H,20,21). The van der Waals surface area contributed by atoms with E-state index in [1.54, 1.807) is 4.90 Å². The molecule has 2 unspecified atom stereocenters. The molecule has 6 heteroatoms. The van der Waals surface area contributed by atoms with Gasteiger partial charge in [-0.15, -0.1) is 0 Å². The number of nitrogens with one attached hydrogen (secondary N) is 1. The number of aryl methyl sites for hydroxylation is 2. The molecule has 2 atom stereocenters. The lowest BCUT2D eigenvalue weighted by Crippen LogP contribution is -2.45. The van der Waals surface area contributed by atoms with Crippen LogP contribution in [0.2, 0.25) is 0 Å². The molecule has 1 saturated heterocycles. The predicted molar refractivity (Wildman–Crippen MR) is 86.7 cm³/mol. The molecule has 0 spiro atoms. The minimum atomic E-state index is -0.841. The quantitative estimate of drug-likeness (QED) is 0.871. The fourth-order valence-corrected chi connectivity index (χ4v) is 2.73. The molecule has 6 nitrogen and oxygen atoms in total. The van der Waals surface area contributed by atoms with Gasteiger partial charge in [0.1, 0.15) is 12.4 Å². The van der Waals surface area contributed by atoms with Crippen LogP contribution in [0.3, 0.4) is 0 Å². The SMILES string of the molecule is Cc1cccc(C)c1OCC(C)NC(=O)N1CCC(C(=O)O)C1. The number of hydrogen-bond acceptors (Lipinski definition) is 3. The molecular weight excluding hydrogens is 296 g/mol. The van der Waals surface area contributed by atoms with E-state index in [1.807, 2.05) is 39.0 Å². The van der Waals surface area contributed by atoms with Crippen molar-refractivity contribution in [3.8, 4) is 5.75 Å². The van der Waals surface area contributed by atoms with Gasteiger partial charge in [0.2, 0.25) is 0 Å². The highest BCUT2D eigenvalue weighted by Crippen LogP contribution is 2.22. The van der Waals surface area contributed by atoms with Crippen LogP contribution in [-0.2, 0) is 4.79 Å². The minimum absolute atomic E-state index is 0.162. The van der Waals surface area contributed by atoms with Crippen molar-refractivity contribution in [2.24, 2.45) is 5.92 Å². The normalized spacial score (nSPS) is 18.6. The topological polar surface area (TPSA) is 78.9 Å². The second-order valence-corrected chi connectivity index (χ2v) is 6.15. The third kappa shape index (κ3) is 4.37. The summed E-state index contributed by atoms with van der Waals surface area (Å²) in [6.07, 6.45) is 0.510. The van der Waals surface area contributed by atoms with Crippen LogP contribution in [0.1, 0.15) is 24.5 Å². The van der Waals surface area contributed by atoms with E-state index in [0.29, 0.717) is 19.6 Å². The summed E-state index contributed by atoms with van der Waals surface area (Å²) >= 11 is 0. The van der Waals surface area contributed by atoms with E-state index in [-0.39, 0.29) is 18.6 Å². The molecule has 2 amide bonds. The first-order chi connectivity index (χ1) is 10.9. The molecule has 0 radical (unpaired) electrons. The van der Waals surface area contributed by atoms with Crippen LogP contribution in [0, 0.1) is 19.8 Å². The maximum Gasteiger partial charge on any atom is 0.317 e. The second kappa shape index (κ2) is 7.35. The summed E-state index contributed by atoms with van der Waals surface area (Å²) in [5.41, 5.74) is 2.12. The van der Waals surface area contributed by atoms with E-state index in [1.165, 1.54) is 0 Å². The number of rotatable bonds is 5. The van der Waals surface area contributed by atoms with E-state index < -0.39 is 11.9 Å². The molecule has 2 N–H and O–H groups in total. The highest BCUT2D eigenvalue weighted by atomic mass is 16.5. The lowest BCUT2D eigenvalue weighted by molar-refractivity contribution is -0.141. The first-order valence-corrected chi connectivity index (χ1v) is 7.85. The smallest absolute Gasteiger partial charge is 0.317 e. The fraction of sp³-hybridized carbons (Fsp3) is 0.529. The van der Waals surface area contributed by atoms with Gasteiger partial charge in [0, 0.05) is 13.1 Å². The zero-order chi connectivity index (χ0) is 17.0. The Morgan fingerprint density at radius 3 is 2.61 bits per heavy atom. The molecule has 0 bridgehead atoms. The van der Waals surface area contributed by atoms with E-state index in [2.05, 4.69) is 5.32 Å². The summed E-state index contributed by atoms with van der Waals surface area (Å²) in [7, 11) is 0. The molecule has 1 fully saturated rings. The first kappa shape index (κ1) is 17.1. The van der Waals surface area contributed by atoms with Crippen molar-refractivity contribution in [3.63, 3.8) is 0 Å². The average molecular weight is 320 g/mol. The van der Waals surface area contributed by atoms with Crippen LogP contribution in [0.15, 0.2) is 18.2 Å². The summed E-state index contributed by atoms with van der Waals surface area (Å²) in [6.45, 7) is 6.96. The number of amides is 2. The highest BCUT2D eigenvalue weighted by molar-refractivity contribution is 5.77. The number of nitrogens with zero attached hydrogens (tertiary/aromatic N) is 1. The van der Waals surface area contributed by atoms with Gasteiger partial charge in [-0.3, -0.25) is 4.79 Å². The van der Waals surface area contributed by atoms with Crippen LogP contribution in [0.4, 0.5) is 4.79 Å². The molecular formula is C17H24N2O4. The van der Waals surface area contributed by atoms with Crippen LogP contribution in [-0.4, -0.2) is 47.7 Å². The highest BCUT2D eigenvalue weighted by Gasteiger charge is 2.31. The van der Waals surface area contributed by atoms with Gasteiger partial charge in [-0.25, -0.2) is 4.79 Å². The fourth-order valence-electron chi connectivity index (χ4n) is 2.73. The number of aliphatic carboxylic acids is 1. The molecule has 1 aromatic carbocycles. The molecule has 0 saturated carbocycles. The second-order valence-electron chi connectivity index (χ2n) is 6.15. The Bertz CT molecular complexity index is 568. The summed E-state index contributed by atoms with van der Waals surface area (Å²) in [5, 5.41) is 11.8. The number of hydrogen-bond donors (Lipinski definition) is 2. The van der Waals surface area contributed by atoms with Crippen LogP contribution in [0.5, 0.6) is 5.75 Å². The Morgan fingerprint density at radius 2 is 2.04 bits per heavy atom. The Morgan fingerprint density at radius 1 is 1.39 bits per heavy atom. The lowest BCUT2D eigenvalue weighted by atomic mass is 10.1. The Balaban J connectivity index is 1.82. The van der Waals surface area contributed by atoms with Crippen LogP contribution in [0.25, 0.3) is 0 Å². The van der Waals surface area contributed by atoms with E-state index in [4.69, 9.17) is 9.84 Å². The molecule has 1 aromatic rings. The summed E-state index contributed by atoms with van der Waals surface area (Å²) in [6, 6.07) is 5.57. The number of para-hydroxylation sites is 1. The van der Waals surface area contributed by atoms with Crippen LogP contribution < -0.4 is 10.1 Å². The average Bonchev–Trinajstić information content (AvgIpc) is 2.96. The van der Waals surface area contributed by atoms with Crippen molar-refractivity contribution < 1.29 is 19.4 Å². The van der Waals surface area contributed by atoms with Crippen molar-refractivity contribution in [2.75, 3.05) is 19.7 Å². The molecule has 126 valence electrons. The van der Waals surface area contributed by atoms with Gasteiger partial charge in [-0.05, 0) is 38.3 Å². The van der Waals surface area contributed by atoms with Gasteiger partial charge in [-0.2, -0.15) is 0 Å². The zero-order valence-corrected chi connectivity index (χ0v) is 13.8. The summed E-state index contributed by atoms with van der Waals surface area (Å²) in [4.78, 5) is 24.6. The Labute approximate surface area is 136 Å². The summed E-state index contributed by atoms with van der Waals surface area (Å²) < 4.78 is 5.82. The Hall–Kier alpha value is -2.24. The third-order valence-corrected chi connectivity index (χ3v) is 4.08. The molecule has 23 heavy (non-hydrogen) atoms. The summed E-state index contributed by atoms with van der Waals surface area (Å²) in [5.74, 6) is -0.450. The first-order valence-electron chi connectivity index (χ1n) is 7.85. The molecule has 1 heterocycles. The van der Waals surface area contributed by atoms with Gasteiger partial charge in [0.25, 0.3) is 0 Å². The number of carboxylic acid groups (broad SMARTS) is 1. The monoisotopic (exact) mass is 320 g/mol. The number of ether oxygens (including phenoxy) is 1. The number of carbonyl (C=O) groups is 2. The number of likely N-dealkylation sites (tertiary alicyclic amines) is 1. The lowest BCUT2D eigenvalue weighted by Gasteiger charge is -2.21. The Kier molecular flexibility index (Phi) is 5.47. The van der Waals surface area contributed by atoms with E-state index in [0.717, 1.165) is 16.9 Å². The molecule has 1 aliphatic rings. The van der Waals surface area contributed by atoms with Crippen molar-refractivity contribution >= 4 is 12.0 Å². The molecule has 2 rings (SSSR count). The van der Waals surface area contributed by atoms with E-state index in [9.17, 15) is 9.59 Å². The number of carbonyl (C=O) groups excluding carboxylic acids is 1. The largest absolute Gasteiger partial charge is 0.491 e. The minimum Gasteiger partial charge on any atom is -0.491 e. The van der Waals surface area contributed by atoms with Gasteiger partial charge < -0.3 is 20.1 Å². The molecule has 0 aromatic heterocycles. The van der Waals surface area contributed by atoms with Crippen molar-refractivity contribution in [1.82, 2.24) is 10.2 Å². The van der Waals surface area contributed by atoms with Gasteiger partial charge >= 0.3 is 12.0 Å². The number of benzene rings is 1. The number of urea groups is 1. The van der Waals surface area contributed by atoms with Gasteiger partial charge in [0.05, 0.1) is 12.0 Å². The van der Waals surface area contributed by atoms with Gasteiger partial charge in [-0.1, -0.05) is 18.2 Å².